The van der Waals surface area contributed by atoms with Crippen LogP contribution in [-0.2, 0) is 12.2 Å². The number of halogens is 2. The van der Waals surface area contributed by atoms with Gasteiger partial charge >= 0.3 is 0 Å². The Morgan fingerprint density at radius 3 is 2.62 bits per heavy atom. The first kappa shape index (κ1) is 26.8. The van der Waals surface area contributed by atoms with Gasteiger partial charge < -0.3 is 9.84 Å². The molecule has 0 bridgehead atoms. The molecule has 0 fully saturated rings. The van der Waals surface area contributed by atoms with Crippen molar-refractivity contribution >= 4 is 27.3 Å². The molecule has 0 unspecified atom stereocenters. The second-order valence-corrected chi connectivity index (χ2v) is 10.6. The molecule has 8 nitrogen and oxygen atoms in total. The molecule has 1 aliphatic rings. The highest BCUT2D eigenvalue weighted by Crippen LogP contribution is 2.29. The minimum Gasteiger partial charge on any atom is -0.486 e. The maximum atomic E-state index is 13.7. The lowest BCUT2D eigenvalue weighted by Crippen LogP contribution is -2.29. The van der Waals surface area contributed by atoms with Crippen LogP contribution in [0, 0.1) is 32.6 Å². The van der Waals surface area contributed by atoms with Crippen LogP contribution in [0.1, 0.15) is 54.8 Å². The summed E-state index contributed by atoms with van der Waals surface area (Å²) in [6.45, 7) is 11.2. The van der Waals surface area contributed by atoms with Gasteiger partial charge in [0.05, 0.1) is 17.1 Å². The first-order chi connectivity index (χ1) is 17.3. The van der Waals surface area contributed by atoms with Gasteiger partial charge in [0.15, 0.2) is 5.82 Å². The second kappa shape index (κ2) is 10.3. The van der Waals surface area contributed by atoms with Crippen LogP contribution in [-0.4, -0.2) is 36.9 Å². The maximum Gasteiger partial charge on any atom is 0.273 e. The second-order valence-electron chi connectivity index (χ2n) is 9.83. The van der Waals surface area contributed by atoms with Crippen LogP contribution in [0.5, 0.6) is 5.75 Å². The third-order valence-corrected chi connectivity index (χ3v) is 6.74. The van der Waals surface area contributed by atoms with Crippen molar-refractivity contribution in [3.05, 3.63) is 85.3 Å². The molecule has 4 rings (SSSR count). The highest BCUT2D eigenvalue weighted by atomic mass is 79.9. The highest BCUT2D eigenvalue weighted by Gasteiger charge is 2.25. The molecule has 10 heteroatoms. The molecule has 0 spiro atoms. The van der Waals surface area contributed by atoms with E-state index in [1.54, 1.807) is 43.7 Å². The Kier molecular flexibility index (Phi) is 7.43. The minimum atomic E-state index is -1.20. The number of hydrogen-bond acceptors (Lipinski definition) is 7. The smallest absolute Gasteiger partial charge is 0.273 e. The fourth-order valence-electron chi connectivity index (χ4n) is 4.11. The topological polar surface area (TPSA) is 102 Å². The molecular weight excluding hydrogens is 541 g/mol. The zero-order valence-electron chi connectivity index (χ0n) is 21.6. The van der Waals surface area contributed by atoms with Crippen molar-refractivity contribution < 1.29 is 14.2 Å². The number of aryl methyl sites for hydroxylation is 3. The molecule has 0 aliphatic carbocycles. The lowest BCUT2D eigenvalue weighted by Gasteiger charge is -2.25. The molecule has 194 valence electrons. The molecule has 0 saturated carbocycles. The Bertz CT molecular complexity index is 1470. The van der Waals surface area contributed by atoms with E-state index in [0.29, 0.717) is 40.9 Å². The van der Waals surface area contributed by atoms with Crippen LogP contribution in [0.4, 0.5) is 4.39 Å². The summed E-state index contributed by atoms with van der Waals surface area (Å²) in [5.41, 5.74) is 3.16. The molecule has 1 atom stereocenters. The number of ether oxygens (including phenoxy) is 1. The van der Waals surface area contributed by atoms with Gasteiger partial charge in [0, 0.05) is 36.1 Å². The van der Waals surface area contributed by atoms with Crippen LogP contribution in [0.2, 0.25) is 0 Å². The lowest BCUT2D eigenvalue weighted by atomic mass is 9.99. The van der Waals surface area contributed by atoms with Crippen LogP contribution in [0.15, 0.2) is 44.7 Å². The fraction of sp³-hybridized carbons (Fsp3) is 0.370. The van der Waals surface area contributed by atoms with E-state index in [-0.39, 0.29) is 22.6 Å². The average Bonchev–Trinajstić information content (AvgIpc) is 2.81. The number of aromatic nitrogens is 4. The molecule has 0 amide bonds. The van der Waals surface area contributed by atoms with Gasteiger partial charge in [-0.05, 0) is 79.9 Å². The third kappa shape index (κ3) is 5.70. The molecule has 0 aromatic carbocycles. The van der Waals surface area contributed by atoms with E-state index in [0.717, 1.165) is 16.8 Å². The number of allylic oxidation sites excluding steroid dienone is 1. The SMILES string of the molecule is Cc1cc(F)nc(COc2cc(C)n(C3=CC(c4nc(C(C)(C)O)ncc4C)=NC[C@H]3C)c(=O)c2Br)c1. The van der Waals surface area contributed by atoms with Crippen molar-refractivity contribution in [2.24, 2.45) is 10.9 Å². The number of pyridine rings is 2. The Balaban J connectivity index is 1.70. The van der Waals surface area contributed by atoms with Crippen LogP contribution < -0.4 is 10.3 Å². The normalized spacial score (nSPS) is 15.9. The minimum absolute atomic E-state index is 0.0204. The standard InChI is InChI=1S/C27H29BrFN5O3/c1-14-7-18(32-22(29)8-14)13-37-21-9-17(4)34(25(35)23(21)28)20-10-19(30-11-15(20)2)24-16(3)12-31-26(33-24)27(5,6)36/h7-10,12,15,36H,11,13H2,1-6H3/t15-/m1/s1. The quantitative estimate of drug-likeness (QED) is 0.433. The Hall–Kier alpha value is -3.24. The molecule has 1 aliphatic heterocycles. The van der Waals surface area contributed by atoms with E-state index in [2.05, 4.69) is 30.9 Å². The van der Waals surface area contributed by atoms with Gasteiger partial charge in [-0.1, -0.05) is 6.92 Å². The monoisotopic (exact) mass is 569 g/mol. The van der Waals surface area contributed by atoms with Crippen molar-refractivity contribution in [3.63, 3.8) is 0 Å². The van der Waals surface area contributed by atoms with E-state index in [9.17, 15) is 14.3 Å². The predicted molar refractivity (Wildman–Crippen MR) is 143 cm³/mol. The van der Waals surface area contributed by atoms with E-state index in [1.165, 1.54) is 6.07 Å². The van der Waals surface area contributed by atoms with Crippen LogP contribution in [0.25, 0.3) is 5.70 Å². The summed E-state index contributed by atoms with van der Waals surface area (Å²) >= 11 is 3.40. The summed E-state index contributed by atoms with van der Waals surface area (Å²) in [5, 5.41) is 10.4. The molecule has 1 N–H and O–H groups in total. The molecule has 0 radical (unpaired) electrons. The summed E-state index contributed by atoms with van der Waals surface area (Å²) in [5.74, 6) is 0.0366. The zero-order valence-corrected chi connectivity index (χ0v) is 23.2. The van der Waals surface area contributed by atoms with Gasteiger partial charge in [0.1, 0.15) is 22.4 Å². The summed E-state index contributed by atoms with van der Waals surface area (Å²) in [4.78, 5) is 30.9. The Morgan fingerprint density at radius 2 is 1.95 bits per heavy atom. The van der Waals surface area contributed by atoms with E-state index in [4.69, 9.17) is 9.73 Å². The van der Waals surface area contributed by atoms with Gasteiger partial charge in [-0.25, -0.2) is 15.0 Å². The van der Waals surface area contributed by atoms with Crippen LogP contribution >= 0.6 is 15.9 Å². The predicted octanol–water partition coefficient (Wildman–Crippen LogP) is 4.65. The number of aliphatic imine (C=N–C) groups is 1. The summed E-state index contributed by atoms with van der Waals surface area (Å²) < 4.78 is 21.4. The maximum absolute atomic E-state index is 13.7. The molecule has 3 aromatic heterocycles. The third-order valence-electron chi connectivity index (χ3n) is 6.01. The summed E-state index contributed by atoms with van der Waals surface area (Å²) in [6.07, 6.45) is 3.53. The summed E-state index contributed by atoms with van der Waals surface area (Å²) in [6, 6.07) is 4.84. The van der Waals surface area contributed by atoms with Crippen molar-refractivity contribution in [1.29, 1.82) is 0 Å². The molecule has 4 heterocycles. The fourth-order valence-corrected chi connectivity index (χ4v) is 4.51. The number of aliphatic hydroxyl groups is 1. The first-order valence-corrected chi connectivity index (χ1v) is 12.7. The number of rotatable bonds is 6. The number of nitrogens with zero attached hydrogens (tertiary/aromatic N) is 5. The molecular formula is C27H29BrFN5O3. The van der Waals surface area contributed by atoms with Gasteiger partial charge in [-0.15, -0.1) is 0 Å². The van der Waals surface area contributed by atoms with E-state index in [1.807, 2.05) is 26.8 Å². The number of hydrogen-bond donors (Lipinski definition) is 1. The Labute approximate surface area is 223 Å². The van der Waals surface area contributed by atoms with Gasteiger partial charge in [0.25, 0.3) is 5.56 Å². The van der Waals surface area contributed by atoms with E-state index >= 15 is 0 Å². The first-order valence-electron chi connectivity index (χ1n) is 11.9. The lowest BCUT2D eigenvalue weighted by molar-refractivity contribution is 0.0686. The highest BCUT2D eigenvalue weighted by molar-refractivity contribution is 9.10. The molecule has 3 aromatic rings. The van der Waals surface area contributed by atoms with E-state index < -0.39 is 11.5 Å². The van der Waals surface area contributed by atoms with Gasteiger partial charge in [0.2, 0.25) is 5.95 Å². The largest absolute Gasteiger partial charge is 0.486 e. The molecule has 0 saturated heterocycles. The van der Waals surface area contributed by atoms with Crippen molar-refractivity contribution in [3.8, 4) is 5.75 Å². The average molecular weight is 570 g/mol. The Morgan fingerprint density at radius 1 is 1.22 bits per heavy atom. The van der Waals surface area contributed by atoms with Gasteiger partial charge in [-0.3, -0.25) is 14.4 Å². The summed E-state index contributed by atoms with van der Waals surface area (Å²) in [7, 11) is 0. The number of dihydropyridines is 1. The van der Waals surface area contributed by atoms with Crippen molar-refractivity contribution in [1.82, 2.24) is 19.5 Å². The van der Waals surface area contributed by atoms with Gasteiger partial charge in [-0.2, -0.15) is 4.39 Å². The van der Waals surface area contributed by atoms with Crippen LogP contribution in [0.3, 0.4) is 0 Å². The molecule has 37 heavy (non-hydrogen) atoms. The zero-order chi connectivity index (χ0) is 27.1. The van der Waals surface area contributed by atoms with Crippen molar-refractivity contribution in [2.45, 2.75) is 53.8 Å². The van der Waals surface area contributed by atoms with Crippen molar-refractivity contribution in [2.75, 3.05) is 6.54 Å².